The minimum Gasteiger partial charge on any atom is -0.468 e. The maximum Gasteiger partial charge on any atom is 0.320 e. The Morgan fingerprint density at radius 3 is 2.27 bits per heavy atom. The van der Waals surface area contributed by atoms with Gasteiger partial charge in [-0.2, -0.15) is 0 Å². The Balaban J connectivity index is 1.55. The van der Waals surface area contributed by atoms with Gasteiger partial charge in [0.05, 0.1) is 25.9 Å². The van der Waals surface area contributed by atoms with E-state index >= 15 is 0 Å². The smallest absolute Gasteiger partial charge is 0.320 e. The zero-order valence-corrected chi connectivity index (χ0v) is 25.0. The lowest BCUT2D eigenvalue weighted by molar-refractivity contribution is -0.180. The molecule has 2 aliphatic rings. The molecule has 220 valence electrons. The van der Waals surface area contributed by atoms with E-state index in [0.717, 1.165) is 24.8 Å². The zero-order valence-electron chi connectivity index (χ0n) is 25.0. The summed E-state index contributed by atoms with van der Waals surface area (Å²) in [5.74, 6) is -1.47. The lowest BCUT2D eigenvalue weighted by atomic mass is 9.65. The van der Waals surface area contributed by atoms with Gasteiger partial charge in [0, 0.05) is 24.6 Å². The average molecular weight is 561 g/mol. The molecule has 1 fully saturated rings. The molecule has 0 spiro atoms. The Labute approximate surface area is 244 Å². The van der Waals surface area contributed by atoms with Crippen molar-refractivity contribution >= 4 is 17.8 Å². The first-order chi connectivity index (χ1) is 19.6. The number of aryl methyl sites for hydroxylation is 1. The Kier molecular flexibility index (Phi) is 9.69. The predicted octanol–water partition coefficient (Wildman–Crippen LogP) is 5.44. The third kappa shape index (κ3) is 6.89. The number of likely N-dealkylation sites (tertiary alicyclic amines) is 1. The number of methoxy groups -OCH3 is 1. The zero-order chi connectivity index (χ0) is 29.6. The molecule has 7 nitrogen and oxygen atoms in total. The Morgan fingerprint density at radius 1 is 1.02 bits per heavy atom. The SMILES string of the molecule is COC(=O)[C@]12C[C@H](CC(=O)NCCCCc3ccccc3)C(=O)N(Cc3ccccc3)C1=C[C@H](C(C)(C)C)O[C@@H]2C. The summed E-state index contributed by atoms with van der Waals surface area (Å²) in [6.07, 6.45) is 4.01. The summed E-state index contributed by atoms with van der Waals surface area (Å²) in [7, 11) is 1.37. The van der Waals surface area contributed by atoms with Crippen LogP contribution in [-0.2, 0) is 36.8 Å². The number of carbonyl (C=O) groups excluding carboxylic acids is 3. The van der Waals surface area contributed by atoms with E-state index in [0.29, 0.717) is 18.8 Å². The van der Waals surface area contributed by atoms with Crippen molar-refractivity contribution in [1.29, 1.82) is 0 Å². The number of piperidine rings is 1. The third-order valence-corrected chi connectivity index (χ3v) is 8.36. The lowest BCUT2D eigenvalue weighted by Crippen LogP contribution is -2.61. The van der Waals surface area contributed by atoms with E-state index in [1.165, 1.54) is 12.7 Å². The fourth-order valence-corrected chi connectivity index (χ4v) is 5.99. The molecule has 0 saturated carbocycles. The highest BCUT2D eigenvalue weighted by Gasteiger charge is 2.60. The summed E-state index contributed by atoms with van der Waals surface area (Å²) >= 11 is 0. The molecule has 0 aromatic heterocycles. The van der Waals surface area contributed by atoms with Crippen LogP contribution in [0.5, 0.6) is 0 Å². The first kappa shape index (κ1) is 30.5. The van der Waals surface area contributed by atoms with Crippen molar-refractivity contribution in [2.75, 3.05) is 13.7 Å². The number of benzene rings is 2. The number of hydrogen-bond donors (Lipinski definition) is 1. The molecule has 1 N–H and O–H groups in total. The molecule has 2 heterocycles. The van der Waals surface area contributed by atoms with Crippen molar-refractivity contribution in [3.05, 3.63) is 83.6 Å². The van der Waals surface area contributed by atoms with Crippen molar-refractivity contribution in [1.82, 2.24) is 10.2 Å². The van der Waals surface area contributed by atoms with Gasteiger partial charge < -0.3 is 19.7 Å². The van der Waals surface area contributed by atoms with E-state index in [1.54, 1.807) is 4.90 Å². The van der Waals surface area contributed by atoms with E-state index in [1.807, 2.05) is 61.5 Å². The monoisotopic (exact) mass is 560 g/mol. The number of hydrogen-bond acceptors (Lipinski definition) is 5. The maximum atomic E-state index is 14.1. The van der Waals surface area contributed by atoms with Crippen LogP contribution in [0.4, 0.5) is 0 Å². The van der Waals surface area contributed by atoms with Crippen LogP contribution in [0.25, 0.3) is 0 Å². The summed E-state index contributed by atoms with van der Waals surface area (Å²) in [5, 5.41) is 3.00. The molecule has 4 atom stereocenters. The predicted molar refractivity (Wildman–Crippen MR) is 158 cm³/mol. The largest absolute Gasteiger partial charge is 0.468 e. The van der Waals surface area contributed by atoms with Crippen LogP contribution in [0.3, 0.4) is 0 Å². The standard InChI is InChI=1S/C34H44N2O5/c1-24-34(32(39)40-5)22-27(20-30(37)35-19-13-12-16-25-14-8-6-9-15-25)31(38)36(23-26-17-10-7-11-18-26)28(34)21-29(41-24)33(2,3)4/h6-11,14-15,17-18,21,24,27,29H,12-13,16,19-20,22-23H2,1-5H3,(H,35,37)/t24-,27+,29-,34+/m1/s1. The number of carbonyl (C=O) groups is 3. The quantitative estimate of drug-likeness (QED) is 0.309. The summed E-state index contributed by atoms with van der Waals surface area (Å²) < 4.78 is 11.8. The number of nitrogens with one attached hydrogen (secondary N) is 1. The normalized spacial score (nSPS) is 24.3. The third-order valence-electron chi connectivity index (χ3n) is 8.36. The molecule has 2 aromatic carbocycles. The van der Waals surface area contributed by atoms with Gasteiger partial charge in [-0.15, -0.1) is 0 Å². The fourth-order valence-electron chi connectivity index (χ4n) is 5.99. The van der Waals surface area contributed by atoms with Crippen LogP contribution in [-0.4, -0.2) is 48.5 Å². The molecule has 1 saturated heterocycles. The van der Waals surface area contributed by atoms with E-state index < -0.39 is 23.4 Å². The van der Waals surface area contributed by atoms with Crippen LogP contribution < -0.4 is 5.32 Å². The minimum absolute atomic E-state index is 0.00422. The fraction of sp³-hybridized carbons (Fsp3) is 0.500. The molecular formula is C34H44N2O5. The van der Waals surface area contributed by atoms with Crippen molar-refractivity contribution in [2.45, 2.75) is 78.6 Å². The van der Waals surface area contributed by atoms with Gasteiger partial charge in [0.25, 0.3) is 0 Å². The highest BCUT2D eigenvalue weighted by atomic mass is 16.5. The second kappa shape index (κ2) is 13.0. The number of unbranched alkanes of at least 4 members (excludes halogenated alkanes) is 1. The number of rotatable bonds is 10. The van der Waals surface area contributed by atoms with Gasteiger partial charge in [0.1, 0.15) is 5.41 Å². The number of fused-ring (bicyclic) bond motifs is 1. The minimum atomic E-state index is -1.19. The topological polar surface area (TPSA) is 84.9 Å². The Morgan fingerprint density at radius 2 is 1.66 bits per heavy atom. The molecule has 0 bridgehead atoms. The van der Waals surface area contributed by atoms with Gasteiger partial charge in [0.15, 0.2) is 0 Å². The first-order valence-corrected chi connectivity index (χ1v) is 14.7. The molecule has 0 unspecified atom stereocenters. The van der Waals surface area contributed by atoms with Gasteiger partial charge in [-0.25, -0.2) is 0 Å². The number of amides is 2. The summed E-state index contributed by atoms with van der Waals surface area (Å²) in [6, 6.07) is 20.0. The van der Waals surface area contributed by atoms with Gasteiger partial charge in [-0.05, 0) is 55.2 Å². The van der Waals surface area contributed by atoms with Gasteiger partial charge in [0.2, 0.25) is 11.8 Å². The van der Waals surface area contributed by atoms with Crippen molar-refractivity contribution in [3.63, 3.8) is 0 Å². The highest BCUT2D eigenvalue weighted by Crippen LogP contribution is 2.52. The van der Waals surface area contributed by atoms with Gasteiger partial charge in [-0.3, -0.25) is 14.4 Å². The van der Waals surface area contributed by atoms with Gasteiger partial charge >= 0.3 is 5.97 Å². The maximum absolute atomic E-state index is 14.1. The van der Waals surface area contributed by atoms with Crippen molar-refractivity contribution in [2.24, 2.45) is 16.7 Å². The van der Waals surface area contributed by atoms with Crippen LogP contribution >= 0.6 is 0 Å². The molecule has 0 radical (unpaired) electrons. The molecule has 2 aromatic rings. The Bertz CT molecular complexity index is 1240. The number of nitrogens with zero attached hydrogens (tertiary/aromatic N) is 1. The number of esters is 1. The highest BCUT2D eigenvalue weighted by molar-refractivity contribution is 5.92. The molecule has 2 amide bonds. The van der Waals surface area contributed by atoms with E-state index in [2.05, 4.69) is 38.2 Å². The lowest BCUT2D eigenvalue weighted by Gasteiger charge is -2.53. The first-order valence-electron chi connectivity index (χ1n) is 14.7. The van der Waals surface area contributed by atoms with Crippen molar-refractivity contribution < 1.29 is 23.9 Å². The Hall–Kier alpha value is -3.45. The summed E-state index contributed by atoms with van der Waals surface area (Å²) in [4.78, 5) is 42.5. The molecule has 4 rings (SSSR count). The second-order valence-electron chi connectivity index (χ2n) is 12.4. The van der Waals surface area contributed by atoms with E-state index in [-0.39, 0.29) is 36.2 Å². The van der Waals surface area contributed by atoms with Gasteiger partial charge in [-0.1, -0.05) is 81.4 Å². The molecule has 2 aliphatic heterocycles. The molecule has 7 heteroatoms. The van der Waals surface area contributed by atoms with Crippen LogP contribution in [0.1, 0.15) is 64.5 Å². The second-order valence-corrected chi connectivity index (χ2v) is 12.4. The molecule has 41 heavy (non-hydrogen) atoms. The van der Waals surface area contributed by atoms with E-state index in [4.69, 9.17) is 9.47 Å². The number of ether oxygens (including phenoxy) is 2. The van der Waals surface area contributed by atoms with Crippen LogP contribution in [0.2, 0.25) is 0 Å². The molecular weight excluding hydrogens is 516 g/mol. The van der Waals surface area contributed by atoms with Crippen LogP contribution in [0.15, 0.2) is 72.4 Å². The summed E-state index contributed by atoms with van der Waals surface area (Å²) in [5.41, 5.74) is 1.40. The van der Waals surface area contributed by atoms with Crippen LogP contribution in [0, 0.1) is 16.7 Å². The average Bonchev–Trinajstić information content (AvgIpc) is 2.95. The van der Waals surface area contributed by atoms with E-state index in [9.17, 15) is 14.4 Å². The van der Waals surface area contributed by atoms with Crippen molar-refractivity contribution in [3.8, 4) is 0 Å². The summed E-state index contributed by atoms with van der Waals surface area (Å²) in [6.45, 7) is 8.94. The molecule has 0 aliphatic carbocycles.